The first-order valence-electron chi connectivity index (χ1n) is 9.43. The minimum absolute atomic E-state index is 0.0590. The molecule has 0 saturated heterocycles. The van der Waals surface area contributed by atoms with E-state index < -0.39 is 55.0 Å². The van der Waals surface area contributed by atoms with Crippen molar-refractivity contribution in [2.24, 2.45) is 34.4 Å². The van der Waals surface area contributed by atoms with Crippen LogP contribution in [0.4, 0.5) is 0 Å². The molecule has 0 unspecified atom stereocenters. The highest BCUT2D eigenvalue weighted by atomic mass is 16.1. The highest BCUT2D eigenvalue weighted by Gasteiger charge is 2.37. The van der Waals surface area contributed by atoms with Crippen LogP contribution in [0.1, 0.15) is 52.6 Å². The lowest BCUT2D eigenvalue weighted by Crippen LogP contribution is -2.49. The van der Waals surface area contributed by atoms with Gasteiger partial charge in [0, 0.05) is 27.8 Å². The lowest BCUT2D eigenvalue weighted by atomic mass is 9.79. The van der Waals surface area contributed by atoms with Gasteiger partial charge in [-0.05, 0) is 11.6 Å². The monoisotopic (exact) mass is 426 g/mol. The predicted molar refractivity (Wildman–Crippen MR) is 116 cm³/mol. The summed E-state index contributed by atoms with van der Waals surface area (Å²) in [5, 5.41) is 0. The van der Waals surface area contributed by atoms with E-state index in [9.17, 15) is 19.2 Å². The Bertz CT molecular complexity index is 1030. The summed E-state index contributed by atoms with van der Waals surface area (Å²) in [6.07, 6.45) is 0. The number of hydrogen-bond acceptors (Lipinski definition) is 10. The molecule has 2 aromatic carbocycles. The molecule has 31 heavy (non-hydrogen) atoms. The zero-order valence-electron chi connectivity index (χ0n) is 16.9. The van der Waals surface area contributed by atoms with E-state index in [4.69, 9.17) is 34.4 Å². The number of ketones is 4. The van der Waals surface area contributed by atoms with Crippen LogP contribution in [0.5, 0.6) is 0 Å². The minimum Gasteiger partial charge on any atom is -0.324 e. The smallest absolute Gasteiger partial charge is 0.177 e. The summed E-state index contributed by atoms with van der Waals surface area (Å²) in [7, 11) is 0. The molecule has 0 fully saturated rings. The van der Waals surface area contributed by atoms with Crippen LogP contribution in [0.2, 0.25) is 0 Å². The molecule has 0 saturated carbocycles. The Hall–Kier alpha value is -3.12. The van der Waals surface area contributed by atoms with Gasteiger partial charge in [-0.15, -0.1) is 0 Å². The molecule has 10 heteroatoms. The zero-order valence-corrected chi connectivity index (χ0v) is 16.9. The van der Waals surface area contributed by atoms with Crippen molar-refractivity contribution in [2.45, 2.75) is 5.66 Å². The first-order chi connectivity index (χ1) is 14.6. The molecule has 0 spiro atoms. The molecular formula is C21H26N6O4. The van der Waals surface area contributed by atoms with Crippen molar-refractivity contribution >= 4 is 23.1 Å². The number of Topliss-reactive ketones (excluding diaryl/α,β-unsaturated/α-hetero) is 4. The molecule has 2 rings (SSSR count). The van der Waals surface area contributed by atoms with Crippen molar-refractivity contribution in [3.8, 4) is 0 Å². The van der Waals surface area contributed by atoms with Gasteiger partial charge in [-0.2, -0.15) is 0 Å². The highest BCUT2D eigenvalue weighted by molar-refractivity contribution is 6.21. The minimum atomic E-state index is -1.82. The predicted octanol–water partition coefficient (Wildman–Crippen LogP) is -1.63. The first kappa shape index (κ1) is 24.2. The summed E-state index contributed by atoms with van der Waals surface area (Å²) >= 11 is 0. The molecule has 0 bridgehead atoms. The van der Waals surface area contributed by atoms with Crippen LogP contribution < -0.4 is 34.4 Å². The maximum Gasteiger partial charge on any atom is 0.177 e. The normalized spacial score (nSPS) is 11.3. The number of nitrogens with two attached hydrogens (primary N) is 6. The maximum atomic E-state index is 12.9. The molecule has 0 aliphatic carbocycles. The van der Waals surface area contributed by atoms with Gasteiger partial charge in [0.15, 0.2) is 23.1 Å². The SMILES string of the molecule is NCC(=O)c1cc(C(N)(N)c2ccccc2)c(C(=O)CN)c(C(=O)CN)c1C(=O)CN. The topological polar surface area (TPSA) is 224 Å². The van der Waals surface area contributed by atoms with Crippen molar-refractivity contribution in [3.05, 3.63) is 69.8 Å². The number of hydrogen-bond donors (Lipinski definition) is 6. The van der Waals surface area contributed by atoms with Crippen LogP contribution >= 0.6 is 0 Å². The van der Waals surface area contributed by atoms with Crippen LogP contribution in [0, 0.1) is 0 Å². The molecule has 164 valence electrons. The Balaban J connectivity index is 3.13. The van der Waals surface area contributed by atoms with Gasteiger partial charge < -0.3 is 34.4 Å². The average molecular weight is 426 g/mol. The van der Waals surface area contributed by atoms with E-state index in [2.05, 4.69) is 0 Å². The van der Waals surface area contributed by atoms with E-state index in [0.717, 1.165) is 0 Å². The second kappa shape index (κ2) is 9.79. The molecule has 10 nitrogen and oxygen atoms in total. The maximum absolute atomic E-state index is 12.9. The van der Waals surface area contributed by atoms with Gasteiger partial charge in [0.1, 0.15) is 5.66 Å². The largest absolute Gasteiger partial charge is 0.324 e. The molecule has 0 heterocycles. The van der Waals surface area contributed by atoms with Gasteiger partial charge >= 0.3 is 0 Å². The fourth-order valence-corrected chi connectivity index (χ4v) is 3.37. The van der Waals surface area contributed by atoms with E-state index in [0.29, 0.717) is 5.56 Å². The number of carbonyl (C=O) groups excluding carboxylic acids is 4. The Morgan fingerprint density at radius 2 is 1.10 bits per heavy atom. The highest BCUT2D eigenvalue weighted by Crippen LogP contribution is 2.32. The summed E-state index contributed by atoms with van der Waals surface area (Å²) < 4.78 is 0. The van der Waals surface area contributed by atoms with E-state index in [1.165, 1.54) is 6.07 Å². The molecule has 0 aromatic heterocycles. The van der Waals surface area contributed by atoms with Gasteiger partial charge in [0.25, 0.3) is 0 Å². The van der Waals surface area contributed by atoms with Gasteiger partial charge in [0.05, 0.1) is 26.2 Å². The van der Waals surface area contributed by atoms with E-state index in [1.807, 2.05) is 0 Å². The van der Waals surface area contributed by atoms with Crippen molar-refractivity contribution in [1.82, 2.24) is 0 Å². The Kier molecular flexibility index (Phi) is 7.63. The molecule has 12 N–H and O–H groups in total. The summed E-state index contributed by atoms with van der Waals surface area (Å²) in [6, 6.07) is 9.54. The summed E-state index contributed by atoms with van der Waals surface area (Å²) in [4.78, 5) is 51.0. The second-order valence-corrected chi connectivity index (χ2v) is 6.84. The van der Waals surface area contributed by atoms with E-state index in [-0.39, 0.29) is 27.8 Å². The third-order valence-corrected chi connectivity index (χ3v) is 4.90. The van der Waals surface area contributed by atoms with Crippen LogP contribution in [0.3, 0.4) is 0 Å². The average Bonchev–Trinajstić information content (AvgIpc) is 2.80. The van der Waals surface area contributed by atoms with Gasteiger partial charge in [-0.25, -0.2) is 0 Å². The zero-order chi connectivity index (χ0) is 23.3. The lowest BCUT2D eigenvalue weighted by Gasteiger charge is -2.30. The van der Waals surface area contributed by atoms with Crippen molar-refractivity contribution in [2.75, 3.05) is 26.2 Å². The Morgan fingerprint density at radius 3 is 1.58 bits per heavy atom. The summed E-state index contributed by atoms with van der Waals surface area (Å²) in [6.45, 7) is -2.06. The molecule has 2 aromatic rings. The van der Waals surface area contributed by atoms with Gasteiger partial charge in [0.2, 0.25) is 0 Å². The fraction of sp³-hybridized carbons (Fsp3) is 0.238. The van der Waals surface area contributed by atoms with Crippen molar-refractivity contribution in [3.63, 3.8) is 0 Å². The number of benzene rings is 2. The molecule has 0 amide bonds. The van der Waals surface area contributed by atoms with Gasteiger partial charge in [-0.3, -0.25) is 19.2 Å². The van der Waals surface area contributed by atoms with Crippen molar-refractivity contribution < 1.29 is 19.2 Å². The fourth-order valence-electron chi connectivity index (χ4n) is 3.37. The number of carbonyl (C=O) groups is 4. The molecule has 0 aliphatic heterocycles. The lowest BCUT2D eigenvalue weighted by molar-refractivity contribution is 0.0945. The molecule has 0 atom stereocenters. The third-order valence-electron chi connectivity index (χ3n) is 4.90. The van der Waals surface area contributed by atoms with Crippen molar-refractivity contribution in [1.29, 1.82) is 0 Å². The molecular weight excluding hydrogens is 400 g/mol. The van der Waals surface area contributed by atoms with Crippen LogP contribution in [0.25, 0.3) is 0 Å². The van der Waals surface area contributed by atoms with E-state index in [1.54, 1.807) is 30.3 Å². The quantitative estimate of drug-likeness (QED) is 0.188. The first-order valence-corrected chi connectivity index (χ1v) is 9.43. The molecule has 0 aliphatic rings. The standard InChI is InChI=1S/C21H26N6O4/c22-7-14(28)12-6-13(21(26,27)11-4-2-1-3-5-11)19(16(30)9-24)20(17(31)10-25)18(12)15(29)8-23/h1-6H,7-10,22-27H2. The third kappa shape index (κ3) is 4.49. The van der Waals surface area contributed by atoms with Crippen LogP contribution in [0.15, 0.2) is 36.4 Å². The molecule has 0 radical (unpaired) electrons. The van der Waals surface area contributed by atoms with Crippen LogP contribution in [-0.4, -0.2) is 49.3 Å². The Labute approximate surface area is 178 Å². The van der Waals surface area contributed by atoms with E-state index >= 15 is 0 Å². The van der Waals surface area contributed by atoms with Crippen LogP contribution in [-0.2, 0) is 5.66 Å². The number of rotatable bonds is 10. The summed E-state index contributed by atoms with van der Waals surface area (Å²) in [5.74, 6) is -2.89. The second-order valence-electron chi connectivity index (χ2n) is 6.84. The summed E-state index contributed by atoms with van der Waals surface area (Å²) in [5.41, 5.74) is 32.3. The Morgan fingerprint density at radius 1 is 0.645 bits per heavy atom. The van der Waals surface area contributed by atoms with Gasteiger partial charge in [-0.1, -0.05) is 30.3 Å².